The number of methoxy groups -OCH3 is 2. The number of ether oxygens (including phenoxy) is 6. The molecule has 0 aromatic heterocycles. The number of carbonyl (C=O) groups excluding carboxylic acids is 1. The number of alkyl halides is 3. The zero-order valence-electron chi connectivity index (χ0n) is 35.9. The summed E-state index contributed by atoms with van der Waals surface area (Å²) in [6.45, 7) is 15.9. The van der Waals surface area contributed by atoms with Gasteiger partial charge in [0.1, 0.15) is 35.4 Å². The molecule has 1 heterocycles. The van der Waals surface area contributed by atoms with Gasteiger partial charge in [-0.2, -0.15) is 13.2 Å². The molecule has 9 nitrogen and oxygen atoms in total. The van der Waals surface area contributed by atoms with E-state index in [-0.39, 0.29) is 31.1 Å². The maximum absolute atomic E-state index is 15.0. The van der Waals surface area contributed by atoms with Gasteiger partial charge in [-0.05, 0) is 59.8 Å². The number of aliphatic hydroxyl groups is 1. The van der Waals surface area contributed by atoms with Crippen LogP contribution in [-0.2, 0) is 23.4 Å². The molecule has 14 heteroatoms. The standard InChI is InChI=1S/C45H61F3O9Si2/c1-43(2,3)59(34-20-13-11-14-21-34,35-22-15-12-16-23-35)57-39(45(46,47)48)26-18-24-36(49)41-37(55-44(4,5)56-41)25-17-19-32-29-33(52-7)30-38(54-31-51-6)40(32)42(50)53-27-28-58(8,9)10/h11-24,29-30,36-37,39,41,49H,25-28,31H2,1-10H3/b19-17+,24-18-/t36?,37-,39?,41+/m0/s1. The molecule has 3 aromatic rings. The third-order valence-corrected chi connectivity index (χ3v) is 16.7. The third kappa shape index (κ3) is 12.9. The lowest BCUT2D eigenvalue weighted by molar-refractivity contribution is -0.196. The Bertz CT molecular complexity index is 1820. The molecule has 1 aliphatic rings. The predicted octanol–water partition coefficient (Wildman–Crippen LogP) is 8.91. The highest BCUT2D eigenvalue weighted by molar-refractivity contribution is 6.99. The first kappa shape index (κ1) is 47.9. The van der Waals surface area contributed by atoms with Crippen LogP contribution in [0.5, 0.6) is 11.5 Å². The van der Waals surface area contributed by atoms with Crippen LogP contribution in [0.15, 0.2) is 91.0 Å². The molecule has 1 fully saturated rings. The Labute approximate surface area is 349 Å². The zero-order chi connectivity index (χ0) is 43.6. The fourth-order valence-corrected chi connectivity index (χ4v) is 12.5. The van der Waals surface area contributed by atoms with Crippen molar-refractivity contribution in [2.45, 2.75) is 115 Å². The summed E-state index contributed by atoms with van der Waals surface area (Å²) in [5.74, 6) is -1.00. The van der Waals surface area contributed by atoms with E-state index in [0.717, 1.165) is 16.4 Å². The molecule has 1 saturated heterocycles. The molecule has 4 rings (SSSR count). The van der Waals surface area contributed by atoms with E-state index < -0.39 is 70.2 Å². The van der Waals surface area contributed by atoms with Gasteiger partial charge < -0.3 is 38.0 Å². The number of rotatable bonds is 19. The van der Waals surface area contributed by atoms with Gasteiger partial charge in [-0.3, -0.25) is 0 Å². The van der Waals surface area contributed by atoms with Crippen molar-refractivity contribution in [3.63, 3.8) is 0 Å². The smallest absolute Gasteiger partial charge is 0.413 e. The Morgan fingerprint density at radius 1 is 0.932 bits per heavy atom. The van der Waals surface area contributed by atoms with Crippen LogP contribution < -0.4 is 19.8 Å². The lowest BCUT2D eigenvalue weighted by Gasteiger charge is -2.45. The number of hydrogen-bond donors (Lipinski definition) is 1. The molecule has 59 heavy (non-hydrogen) atoms. The first-order valence-corrected chi connectivity index (χ1v) is 25.5. The Morgan fingerprint density at radius 3 is 2.07 bits per heavy atom. The minimum Gasteiger partial charge on any atom is -0.497 e. The zero-order valence-corrected chi connectivity index (χ0v) is 37.9. The summed E-state index contributed by atoms with van der Waals surface area (Å²) < 4.78 is 85.7. The lowest BCUT2D eigenvalue weighted by atomic mass is 10.0. The minimum atomic E-state index is -4.71. The number of carbonyl (C=O) groups is 1. The average Bonchev–Trinajstić information content (AvgIpc) is 3.48. The molecule has 4 atom stereocenters. The van der Waals surface area contributed by atoms with Crippen molar-refractivity contribution >= 4 is 38.8 Å². The Kier molecular flexibility index (Phi) is 16.4. The van der Waals surface area contributed by atoms with E-state index in [1.54, 1.807) is 38.1 Å². The number of hydrogen-bond acceptors (Lipinski definition) is 9. The first-order chi connectivity index (χ1) is 27.6. The van der Waals surface area contributed by atoms with Crippen molar-refractivity contribution in [2.75, 3.05) is 27.6 Å². The van der Waals surface area contributed by atoms with Crippen LogP contribution in [0, 0.1) is 0 Å². The van der Waals surface area contributed by atoms with E-state index in [9.17, 15) is 23.1 Å². The summed E-state index contributed by atoms with van der Waals surface area (Å²) in [6.07, 6.45) is -4.03. The second kappa shape index (κ2) is 20.2. The summed E-state index contributed by atoms with van der Waals surface area (Å²) >= 11 is 0. The maximum atomic E-state index is 15.0. The van der Waals surface area contributed by atoms with Crippen LogP contribution in [0.2, 0.25) is 30.7 Å². The van der Waals surface area contributed by atoms with E-state index in [1.807, 2.05) is 81.4 Å². The second-order valence-electron chi connectivity index (χ2n) is 17.3. The van der Waals surface area contributed by atoms with Gasteiger partial charge in [0.2, 0.25) is 0 Å². The molecule has 324 valence electrons. The van der Waals surface area contributed by atoms with Gasteiger partial charge >= 0.3 is 12.1 Å². The molecular formula is C45H61F3O9Si2. The normalized spacial score (nSPS) is 18.6. The number of halogens is 3. The topological polar surface area (TPSA) is 102 Å². The SMILES string of the molecule is COCOc1cc(OC)cc(/C=C/C[C@@H]2OC(C)(C)O[C@@H]2C(O)/C=C\CC(O[Si](c2ccccc2)(c2ccccc2)C(C)(C)C)C(F)(F)F)c1C(=O)OCC[Si](C)(C)C. The highest BCUT2D eigenvalue weighted by Crippen LogP contribution is 2.41. The van der Waals surface area contributed by atoms with Gasteiger partial charge in [0.15, 0.2) is 12.6 Å². The van der Waals surface area contributed by atoms with Crippen LogP contribution in [0.4, 0.5) is 13.2 Å². The molecular weight excluding hydrogens is 798 g/mol. The molecule has 0 radical (unpaired) electrons. The highest BCUT2D eigenvalue weighted by atomic mass is 28.4. The molecule has 0 aliphatic carbocycles. The van der Waals surface area contributed by atoms with E-state index in [1.165, 1.54) is 26.4 Å². The summed E-state index contributed by atoms with van der Waals surface area (Å²) in [5.41, 5.74) is 0.653. The van der Waals surface area contributed by atoms with Crippen LogP contribution in [0.1, 0.15) is 63.4 Å². The lowest BCUT2D eigenvalue weighted by Crippen LogP contribution is -2.68. The third-order valence-electron chi connectivity index (χ3n) is 9.97. The van der Waals surface area contributed by atoms with E-state index in [0.29, 0.717) is 11.3 Å². The molecule has 1 N–H and O–H groups in total. The predicted molar refractivity (Wildman–Crippen MR) is 230 cm³/mol. The Morgan fingerprint density at radius 2 is 1.54 bits per heavy atom. The first-order valence-electron chi connectivity index (χ1n) is 19.9. The van der Waals surface area contributed by atoms with Gasteiger partial charge in [-0.1, -0.05) is 125 Å². The Balaban J connectivity index is 1.59. The van der Waals surface area contributed by atoms with Gasteiger partial charge in [0.25, 0.3) is 8.32 Å². The van der Waals surface area contributed by atoms with Crippen molar-refractivity contribution in [3.8, 4) is 11.5 Å². The molecule has 0 amide bonds. The van der Waals surface area contributed by atoms with Gasteiger partial charge in [0, 0.05) is 21.3 Å². The quantitative estimate of drug-likeness (QED) is 0.0549. The number of benzene rings is 3. The average molecular weight is 859 g/mol. The molecule has 0 bridgehead atoms. The highest BCUT2D eigenvalue weighted by Gasteiger charge is 2.55. The van der Waals surface area contributed by atoms with E-state index in [4.69, 9.17) is 32.8 Å². The monoisotopic (exact) mass is 858 g/mol. The van der Waals surface area contributed by atoms with Gasteiger partial charge in [0.05, 0.1) is 19.8 Å². The molecule has 3 aromatic carbocycles. The van der Waals surface area contributed by atoms with Crippen molar-refractivity contribution in [1.29, 1.82) is 0 Å². The second-order valence-corrected chi connectivity index (χ2v) is 27.2. The molecule has 1 aliphatic heterocycles. The summed E-state index contributed by atoms with van der Waals surface area (Å²) in [7, 11) is -2.08. The van der Waals surface area contributed by atoms with Crippen molar-refractivity contribution in [2.24, 2.45) is 0 Å². The fourth-order valence-electron chi connectivity index (χ4n) is 7.11. The summed E-state index contributed by atoms with van der Waals surface area (Å²) in [5, 5.41) is 12.2. The van der Waals surface area contributed by atoms with Crippen LogP contribution in [0.25, 0.3) is 6.08 Å². The van der Waals surface area contributed by atoms with Crippen LogP contribution in [-0.4, -0.2) is 91.5 Å². The van der Waals surface area contributed by atoms with E-state index >= 15 is 0 Å². The van der Waals surface area contributed by atoms with Crippen LogP contribution in [0.3, 0.4) is 0 Å². The molecule has 0 spiro atoms. The maximum Gasteiger partial charge on any atom is 0.413 e. The summed E-state index contributed by atoms with van der Waals surface area (Å²) in [6, 6.07) is 22.4. The van der Waals surface area contributed by atoms with Crippen molar-refractivity contribution in [3.05, 3.63) is 102 Å². The molecule has 0 saturated carbocycles. The summed E-state index contributed by atoms with van der Waals surface area (Å²) in [4.78, 5) is 13.5. The Hall–Kier alpha value is -3.77. The van der Waals surface area contributed by atoms with Gasteiger partial charge in [-0.15, -0.1) is 0 Å². The largest absolute Gasteiger partial charge is 0.497 e. The minimum absolute atomic E-state index is 0.115. The van der Waals surface area contributed by atoms with Crippen molar-refractivity contribution in [1.82, 2.24) is 0 Å². The van der Waals surface area contributed by atoms with E-state index in [2.05, 4.69) is 19.6 Å². The number of aliphatic hydroxyl groups excluding tert-OH is 1. The number of esters is 1. The fraction of sp³-hybridized carbons (Fsp3) is 0.489. The van der Waals surface area contributed by atoms with Gasteiger partial charge in [-0.25, -0.2) is 4.79 Å². The van der Waals surface area contributed by atoms with Crippen molar-refractivity contribution < 1.29 is 55.9 Å². The van der Waals surface area contributed by atoms with Crippen LogP contribution >= 0.6 is 0 Å². The molecule has 2 unspecified atom stereocenters.